The molecule has 4 nitrogen and oxygen atoms in total. The highest BCUT2D eigenvalue weighted by Crippen LogP contribution is 2.21. The van der Waals surface area contributed by atoms with Gasteiger partial charge in [-0.25, -0.2) is 4.79 Å². The van der Waals surface area contributed by atoms with Gasteiger partial charge in [0.25, 0.3) is 0 Å². The number of Topliss-reactive ketones (excluding diaryl/α,β-unsaturated/α-hetero) is 1. The normalized spacial score (nSPS) is 11.6. The van der Waals surface area contributed by atoms with E-state index in [2.05, 4.69) is 11.3 Å². The fourth-order valence-corrected chi connectivity index (χ4v) is 1.59. The van der Waals surface area contributed by atoms with Crippen molar-refractivity contribution in [1.29, 1.82) is 0 Å². The van der Waals surface area contributed by atoms with E-state index in [1.54, 1.807) is 13.0 Å². The van der Waals surface area contributed by atoms with Crippen molar-refractivity contribution in [1.82, 2.24) is 0 Å². The minimum absolute atomic E-state index is 0.0311. The number of rotatable bonds is 8. The average Bonchev–Trinajstić information content (AvgIpc) is 2.44. The Kier molecular flexibility index (Phi) is 6.53. The number of ketones is 1. The van der Waals surface area contributed by atoms with E-state index in [1.165, 1.54) is 0 Å². The fourth-order valence-electron chi connectivity index (χ4n) is 1.59. The van der Waals surface area contributed by atoms with Gasteiger partial charge in [-0.2, -0.15) is 0 Å². The summed E-state index contributed by atoms with van der Waals surface area (Å²) in [5.41, 5.74) is 0.849. The molecule has 0 radical (unpaired) electrons. The molecule has 0 aliphatic rings. The van der Waals surface area contributed by atoms with Crippen molar-refractivity contribution in [2.75, 3.05) is 13.2 Å². The summed E-state index contributed by atoms with van der Waals surface area (Å²) in [4.78, 5) is 23.0. The number of hydrogen-bond donors (Lipinski definition) is 0. The van der Waals surface area contributed by atoms with Gasteiger partial charge < -0.3 is 9.47 Å². The molecule has 0 saturated heterocycles. The van der Waals surface area contributed by atoms with E-state index in [1.807, 2.05) is 30.3 Å². The highest BCUT2D eigenvalue weighted by molar-refractivity contribution is 6.33. The number of carbonyl (C=O) groups excluding carboxylic acids is 2. The van der Waals surface area contributed by atoms with Crippen molar-refractivity contribution < 1.29 is 19.1 Å². The number of hydrogen-bond acceptors (Lipinski definition) is 4. The smallest absolute Gasteiger partial charge is 0.374 e. The number of carbonyl (C=O) groups is 2. The summed E-state index contributed by atoms with van der Waals surface area (Å²) in [6.07, 6.45) is 1.11. The summed E-state index contributed by atoms with van der Waals surface area (Å²) < 4.78 is 10.2. The minimum Gasteiger partial charge on any atom is -0.460 e. The van der Waals surface area contributed by atoms with Gasteiger partial charge >= 0.3 is 5.97 Å². The van der Waals surface area contributed by atoms with Crippen LogP contribution in [-0.2, 0) is 19.1 Å². The van der Waals surface area contributed by atoms with Gasteiger partial charge in [-0.3, -0.25) is 4.79 Å². The van der Waals surface area contributed by atoms with E-state index >= 15 is 0 Å². The highest BCUT2D eigenvalue weighted by Gasteiger charge is 2.22. The van der Waals surface area contributed by atoms with Crippen LogP contribution in [0.5, 0.6) is 0 Å². The van der Waals surface area contributed by atoms with Gasteiger partial charge in [0.2, 0.25) is 5.78 Å². The number of benzene rings is 1. The Bertz CT molecular complexity index is 425. The third-order valence-corrected chi connectivity index (χ3v) is 2.46. The van der Waals surface area contributed by atoms with Crippen LogP contribution in [0, 0.1) is 0 Å². The second kappa shape index (κ2) is 8.21. The van der Waals surface area contributed by atoms with Gasteiger partial charge in [0.05, 0.1) is 19.3 Å². The van der Waals surface area contributed by atoms with E-state index in [-0.39, 0.29) is 13.0 Å². The number of esters is 1. The first kappa shape index (κ1) is 15.1. The lowest BCUT2D eigenvalue weighted by molar-refractivity contribution is -0.154. The van der Waals surface area contributed by atoms with Crippen LogP contribution in [0.2, 0.25) is 0 Å². The molecule has 0 N–H and O–H groups in total. The maximum absolute atomic E-state index is 11.7. The number of ether oxygens (including phenoxy) is 2. The van der Waals surface area contributed by atoms with Crippen molar-refractivity contribution in [2.45, 2.75) is 19.4 Å². The lowest BCUT2D eigenvalue weighted by atomic mass is 10.0. The topological polar surface area (TPSA) is 52.6 Å². The van der Waals surface area contributed by atoms with E-state index in [4.69, 9.17) is 4.74 Å². The van der Waals surface area contributed by atoms with E-state index in [9.17, 15) is 9.59 Å². The molecular formula is C15H18O4. The predicted molar refractivity (Wildman–Crippen MR) is 71.6 cm³/mol. The zero-order chi connectivity index (χ0) is 14.1. The maximum atomic E-state index is 11.7. The Hall–Kier alpha value is -1.94. The zero-order valence-corrected chi connectivity index (χ0v) is 11.0. The molecule has 0 bridgehead atoms. The standard InChI is InChI=1S/C15H18O4/c1-3-10-19-14(12-8-6-5-7-9-12)11-13(16)15(17)18-4-2/h3,5-9,14H,1,4,10-11H2,2H3. The Morgan fingerprint density at radius 2 is 2.00 bits per heavy atom. The molecule has 0 aliphatic carbocycles. The van der Waals surface area contributed by atoms with E-state index < -0.39 is 17.9 Å². The van der Waals surface area contributed by atoms with Crippen molar-refractivity contribution in [3.63, 3.8) is 0 Å². The van der Waals surface area contributed by atoms with Crippen LogP contribution < -0.4 is 0 Å². The first-order valence-electron chi connectivity index (χ1n) is 6.16. The first-order valence-corrected chi connectivity index (χ1v) is 6.16. The van der Waals surface area contributed by atoms with Gasteiger partial charge in [0.1, 0.15) is 0 Å². The van der Waals surface area contributed by atoms with Crippen LogP contribution in [0.15, 0.2) is 43.0 Å². The molecule has 19 heavy (non-hydrogen) atoms. The lowest BCUT2D eigenvalue weighted by Crippen LogP contribution is -2.21. The van der Waals surface area contributed by atoms with Crippen LogP contribution in [0.25, 0.3) is 0 Å². The average molecular weight is 262 g/mol. The van der Waals surface area contributed by atoms with Gasteiger partial charge in [-0.05, 0) is 12.5 Å². The molecule has 102 valence electrons. The fraction of sp³-hybridized carbons (Fsp3) is 0.333. The Balaban J connectivity index is 2.72. The summed E-state index contributed by atoms with van der Waals surface area (Å²) in [7, 11) is 0. The molecule has 0 aliphatic heterocycles. The first-order chi connectivity index (χ1) is 9.19. The van der Waals surface area contributed by atoms with Gasteiger partial charge in [-0.15, -0.1) is 6.58 Å². The monoisotopic (exact) mass is 262 g/mol. The van der Waals surface area contributed by atoms with Crippen LogP contribution >= 0.6 is 0 Å². The molecule has 0 spiro atoms. The predicted octanol–water partition coefficient (Wildman–Crippen LogP) is 2.45. The Labute approximate surface area is 113 Å². The third kappa shape index (κ3) is 5.06. The van der Waals surface area contributed by atoms with Crippen molar-refractivity contribution >= 4 is 11.8 Å². The molecule has 4 heteroatoms. The summed E-state index contributed by atoms with van der Waals surface area (Å²) in [6.45, 7) is 5.73. The summed E-state index contributed by atoms with van der Waals surface area (Å²) >= 11 is 0. The van der Waals surface area contributed by atoms with Crippen LogP contribution in [0.1, 0.15) is 25.0 Å². The molecule has 1 unspecified atom stereocenters. The second-order valence-corrected chi connectivity index (χ2v) is 3.87. The molecular weight excluding hydrogens is 244 g/mol. The van der Waals surface area contributed by atoms with E-state index in [0.717, 1.165) is 5.56 Å². The van der Waals surface area contributed by atoms with Gasteiger partial charge in [0, 0.05) is 6.42 Å². The van der Waals surface area contributed by atoms with Crippen molar-refractivity contribution in [3.05, 3.63) is 48.6 Å². The Morgan fingerprint density at radius 3 is 2.58 bits per heavy atom. The Morgan fingerprint density at radius 1 is 1.32 bits per heavy atom. The van der Waals surface area contributed by atoms with Crippen LogP contribution in [0.4, 0.5) is 0 Å². The van der Waals surface area contributed by atoms with Crippen molar-refractivity contribution in [3.8, 4) is 0 Å². The van der Waals surface area contributed by atoms with Crippen LogP contribution in [0.3, 0.4) is 0 Å². The lowest BCUT2D eigenvalue weighted by Gasteiger charge is -2.16. The molecule has 0 aromatic heterocycles. The minimum atomic E-state index is -0.814. The largest absolute Gasteiger partial charge is 0.460 e. The summed E-state index contributed by atoms with van der Waals surface area (Å²) in [6, 6.07) is 9.29. The molecule has 0 heterocycles. The highest BCUT2D eigenvalue weighted by atomic mass is 16.5. The van der Waals surface area contributed by atoms with Gasteiger partial charge in [-0.1, -0.05) is 36.4 Å². The molecule has 1 atom stereocenters. The zero-order valence-electron chi connectivity index (χ0n) is 11.0. The SMILES string of the molecule is C=CCOC(CC(=O)C(=O)OCC)c1ccccc1. The molecule has 1 aromatic carbocycles. The van der Waals surface area contributed by atoms with E-state index in [0.29, 0.717) is 6.61 Å². The summed E-state index contributed by atoms with van der Waals surface area (Å²) in [5, 5.41) is 0. The van der Waals surface area contributed by atoms with Crippen LogP contribution in [-0.4, -0.2) is 25.0 Å². The van der Waals surface area contributed by atoms with Gasteiger partial charge in [0.15, 0.2) is 0 Å². The molecule has 0 saturated carbocycles. The molecule has 0 fully saturated rings. The maximum Gasteiger partial charge on any atom is 0.374 e. The third-order valence-electron chi connectivity index (χ3n) is 2.46. The quantitative estimate of drug-likeness (QED) is 0.410. The summed E-state index contributed by atoms with van der Waals surface area (Å²) in [5.74, 6) is -1.40. The van der Waals surface area contributed by atoms with Crippen molar-refractivity contribution in [2.24, 2.45) is 0 Å². The molecule has 1 rings (SSSR count). The second-order valence-electron chi connectivity index (χ2n) is 3.87. The molecule has 1 aromatic rings. The molecule has 0 amide bonds.